The Kier molecular flexibility index (Phi) is 11.6. The van der Waals surface area contributed by atoms with Crippen molar-refractivity contribution in [2.24, 2.45) is 11.7 Å². The Labute approximate surface area is 118 Å². The van der Waals surface area contributed by atoms with Crippen LogP contribution in [0.1, 0.15) is 84.5 Å². The summed E-state index contributed by atoms with van der Waals surface area (Å²) >= 11 is 0. The molecule has 19 heavy (non-hydrogen) atoms. The summed E-state index contributed by atoms with van der Waals surface area (Å²) in [5.41, 5.74) is 5.34. The number of nitrogens with two attached hydrogens (primary N) is 1. The van der Waals surface area contributed by atoms with Crippen LogP contribution < -0.4 is 5.73 Å². The lowest BCUT2D eigenvalue weighted by molar-refractivity contribution is -0.132. The van der Waals surface area contributed by atoms with Crippen LogP contribution in [0.3, 0.4) is 0 Å². The lowest BCUT2D eigenvalue weighted by atomic mass is 9.92. The van der Waals surface area contributed by atoms with E-state index in [0.29, 0.717) is 12.8 Å². The zero-order valence-corrected chi connectivity index (χ0v) is 12.7. The molecule has 0 aromatic rings. The number of hydrogen-bond donors (Lipinski definition) is 1. The van der Waals surface area contributed by atoms with Crippen LogP contribution in [0.15, 0.2) is 0 Å². The van der Waals surface area contributed by atoms with Crippen LogP contribution in [0.2, 0.25) is 0 Å². The van der Waals surface area contributed by atoms with Crippen LogP contribution in [0.25, 0.3) is 0 Å². The van der Waals surface area contributed by atoms with Crippen molar-refractivity contribution in [2.75, 3.05) is 0 Å². The molecule has 0 rings (SSSR count). The molecule has 0 aliphatic carbocycles. The smallest absolute Gasteiger partial charge is 0.227 e. The van der Waals surface area contributed by atoms with E-state index in [-0.39, 0.29) is 5.78 Å². The van der Waals surface area contributed by atoms with Crippen molar-refractivity contribution in [1.29, 1.82) is 0 Å². The Morgan fingerprint density at radius 2 is 1.37 bits per heavy atom. The van der Waals surface area contributed by atoms with Crippen molar-refractivity contribution in [2.45, 2.75) is 84.5 Å². The molecule has 0 aromatic carbocycles. The highest BCUT2D eigenvalue weighted by Gasteiger charge is 2.22. The van der Waals surface area contributed by atoms with Crippen LogP contribution in [-0.2, 0) is 9.59 Å². The van der Waals surface area contributed by atoms with E-state index in [0.717, 1.165) is 38.5 Å². The van der Waals surface area contributed by atoms with Gasteiger partial charge in [-0.05, 0) is 12.8 Å². The minimum Gasteiger partial charge on any atom is -0.369 e. The number of ketones is 1. The standard InChI is InChI=1S/C16H31NO2/c1-3-5-7-9-11-13-15(18)14(16(17)19)12-10-8-6-4-2/h14H,3-13H2,1-2H3,(H2,17,19). The van der Waals surface area contributed by atoms with E-state index in [9.17, 15) is 9.59 Å². The first-order valence-electron chi connectivity index (χ1n) is 7.95. The predicted molar refractivity (Wildman–Crippen MR) is 79.8 cm³/mol. The molecule has 0 bridgehead atoms. The Bertz CT molecular complexity index is 251. The maximum atomic E-state index is 12.0. The summed E-state index contributed by atoms with van der Waals surface area (Å²) in [5, 5.41) is 0. The summed E-state index contributed by atoms with van der Waals surface area (Å²) < 4.78 is 0. The second-order valence-corrected chi connectivity index (χ2v) is 5.43. The number of amides is 1. The van der Waals surface area contributed by atoms with E-state index in [1.54, 1.807) is 0 Å². The fraction of sp³-hybridized carbons (Fsp3) is 0.875. The van der Waals surface area contributed by atoms with Crippen LogP contribution >= 0.6 is 0 Å². The zero-order valence-electron chi connectivity index (χ0n) is 12.7. The average molecular weight is 269 g/mol. The SMILES string of the molecule is CCCCCCCC(=O)C(CCCCCC)C(N)=O. The minimum absolute atomic E-state index is 0.0560. The number of unbranched alkanes of at least 4 members (excludes halogenated alkanes) is 7. The Morgan fingerprint density at radius 1 is 0.842 bits per heavy atom. The highest BCUT2D eigenvalue weighted by atomic mass is 16.2. The van der Waals surface area contributed by atoms with Gasteiger partial charge in [-0.15, -0.1) is 0 Å². The fourth-order valence-electron chi connectivity index (χ4n) is 2.31. The van der Waals surface area contributed by atoms with E-state index in [2.05, 4.69) is 13.8 Å². The minimum atomic E-state index is -0.539. The molecule has 0 aromatic heterocycles. The van der Waals surface area contributed by atoms with Crippen molar-refractivity contribution >= 4 is 11.7 Å². The molecule has 1 unspecified atom stereocenters. The maximum absolute atomic E-state index is 12.0. The molecule has 0 aliphatic heterocycles. The lowest BCUT2D eigenvalue weighted by Gasteiger charge is -2.12. The van der Waals surface area contributed by atoms with Crippen LogP contribution in [0, 0.1) is 5.92 Å². The molecular weight excluding hydrogens is 238 g/mol. The van der Waals surface area contributed by atoms with Gasteiger partial charge < -0.3 is 5.73 Å². The van der Waals surface area contributed by atoms with Gasteiger partial charge >= 0.3 is 0 Å². The third kappa shape index (κ3) is 9.69. The van der Waals surface area contributed by atoms with Gasteiger partial charge in [-0.1, -0.05) is 65.2 Å². The van der Waals surface area contributed by atoms with Crippen LogP contribution in [0.4, 0.5) is 0 Å². The number of Topliss-reactive ketones (excluding diaryl/α,β-unsaturated/α-hetero) is 1. The van der Waals surface area contributed by atoms with Gasteiger partial charge in [-0.2, -0.15) is 0 Å². The van der Waals surface area contributed by atoms with Gasteiger partial charge in [0.05, 0.1) is 5.92 Å². The van der Waals surface area contributed by atoms with Crippen molar-refractivity contribution in [1.82, 2.24) is 0 Å². The predicted octanol–water partition coefficient (Wildman–Crippen LogP) is 3.99. The first-order chi connectivity index (χ1) is 9.13. The molecule has 0 spiro atoms. The molecule has 3 heteroatoms. The molecule has 0 saturated carbocycles. The van der Waals surface area contributed by atoms with Gasteiger partial charge in [0.1, 0.15) is 5.78 Å². The lowest BCUT2D eigenvalue weighted by Crippen LogP contribution is -2.30. The molecule has 2 N–H and O–H groups in total. The quantitative estimate of drug-likeness (QED) is 0.406. The second kappa shape index (κ2) is 12.2. The second-order valence-electron chi connectivity index (χ2n) is 5.43. The maximum Gasteiger partial charge on any atom is 0.227 e. The summed E-state index contributed by atoms with van der Waals surface area (Å²) in [7, 11) is 0. The zero-order chi connectivity index (χ0) is 14.5. The molecule has 3 nitrogen and oxygen atoms in total. The summed E-state index contributed by atoms with van der Waals surface area (Å²) in [5.74, 6) is -0.918. The van der Waals surface area contributed by atoms with Gasteiger partial charge in [-0.3, -0.25) is 9.59 Å². The first kappa shape index (κ1) is 18.1. The van der Waals surface area contributed by atoms with E-state index in [4.69, 9.17) is 5.73 Å². The number of carbonyl (C=O) groups is 2. The highest BCUT2D eigenvalue weighted by molar-refractivity contribution is 6.00. The largest absolute Gasteiger partial charge is 0.369 e. The normalized spacial score (nSPS) is 12.3. The highest BCUT2D eigenvalue weighted by Crippen LogP contribution is 2.15. The van der Waals surface area contributed by atoms with Crippen molar-refractivity contribution in [3.8, 4) is 0 Å². The van der Waals surface area contributed by atoms with Crippen LogP contribution in [0.5, 0.6) is 0 Å². The molecule has 112 valence electrons. The van der Waals surface area contributed by atoms with Gasteiger partial charge in [0.15, 0.2) is 0 Å². The molecular formula is C16H31NO2. The van der Waals surface area contributed by atoms with Gasteiger partial charge in [-0.25, -0.2) is 0 Å². The first-order valence-corrected chi connectivity index (χ1v) is 7.95. The Hall–Kier alpha value is -0.860. The monoisotopic (exact) mass is 269 g/mol. The Morgan fingerprint density at radius 3 is 1.89 bits per heavy atom. The van der Waals surface area contributed by atoms with E-state index in [1.807, 2.05) is 0 Å². The van der Waals surface area contributed by atoms with Crippen molar-refractivity contribution < 1.29 is 9.59 Å². The van der Waals surface area contributed by atoms with E-state index in [1.165, 1.54) is 19.3 Å². The van der Waals surface area contributed by atoms with E-state index < -0.39 is 11.8 Å². The van der Waals surface area contributed by atoms with Crippen molar-refractivity contribution in [3.05, 3.63) is 0 Å². The molecule has 1 atom stereocenters. The van der Waals surface area contributed by atoms with Crippen LogP contribution in [-0.4, -0.2) is 11.7 Å². The van der Waals surface area contributed by atoms with Crippen molar-refractivity contribution in [3.63, 3.8) is 0 Å². The summed E-state index contributed by atoms with van der Waals surface area (Å²) in [6.45, 7) is 4.32. The third-order valence-electron chi connectivity index (χ3n) is 3.61. The molecule has 0 saturated heterocycles. The Balaban J connectivity index is 3.88. The topological polar surface area (TPSA) is 60.2 Å². The van der Waals surface area contributed by atoms with Gasteiger partial charge in [0.2, 0.25) is 5.91 Å². The van der Waals surface area contributed by atoms with Gasteiger partial charge in [0.25, 0.3) is 0 Å². The molecule has 0 fully saturated rings. The summed E-state index contributed by atoms with van der Waals surface area (Å²) in [6.07, 6.45) is 11.1. The molecule has 0 heterocycles. The number of primary amides is 1. The van der Waals surface area contributed by atoms with E-state index >= 15 is 0 Å². The fourth-order valence-corrected chi connectivity index (χ4v) is 2.31. The average Bonchev–Trinajstić information content (AvgIpc) is 2.37. The molecule has 0 radical (unpaired) electrons. The number of hydrogen-bond acceptors (Lipinski definition) is 2. The van der Waals surface area contributed by atoms with Gasteiger partial charge in [0, 0.05) is 6.42 Å². The number of rotatable bonds is 13. The third-order valence-corrected chi connectivity index (χ3v) is 3.61. The number of carbonyl (C=O) groups excluding carboxylic acids is 2. The molecule has 0 aliphatic rings. The molecule has 1 amide bonds. The summed E-state index contributed by atoms with van der Waals surface area (Å²) in [6, 6.07) is 0. The summed E-state index contributed by atoms with van der Waals surface area (Å²) in [4.78, 5) is 23.3.